The number of phosphoric acid groups is 1. The van der Waals surface area contributed by atoms with Crippen molar-refractivity contribution >= 4 is 211 Å². The number of likely N-dealkylation sites (N-methyl/N-ethyl adjacent to an activating group) is 2. The number of phosphoric ester groups is 1. The Hall–Kier alpha value is -9.78. The Labute approximate surface area is 884 Å². The molecule has 31 nitrogen and oxygen atoms in total. The molecule has 0 amide bonds. The van der Waals surface area contributed by atoms with E-state index in [1.165, 1.54) is 68.0 Å². The monoisotopic (exact) mass is 2210 g/mol. The van der Waals surface area contributed by atoms with Crippen molar-refractivity contribution in [3.63, 3.8) is 0 Å². The summed E-state index contributed by atoms with van der Waals surface area (Å²) >= 11 is 11.7. The van der Waals surface area contributed by atoms with Gasteiger partial charge in [-0.1, -0.05) is 102 Å². The molecule has 0 radical (unpaired) electrons. The van der Waals surface area contributed by atoms with Crippen LogP contribution < -0.4 is 41.9 Å². The van der Waals surface area contributed by atoms with E-state index in [0.717, 1.165) is 250 Å². The van der Waals surface area contributed by atoms with E-state index in [9.17, 15) is 26.2 Å². The zero-order valence-electron chi connectivity index (χ0n) is 81.4. The second-order valence-corrected chi connectivity index (χ2v) is 49.9. The van der Waals surface area contributed by atoms with Crippen LogP contribution in [0.25, 0.3) is 128 Å². The Kier molecular flexibility index (Phi) is 40.3. The number of aromatic nitrogens is 8. The summed E-state index contributed by atoms with van der Waals surface area (Å²) in [4.78, 5) is 78.2. The Morgan fingerprint density at radius 1 is 0.414 bits per heavy atom. The molecule has 768 valence electrons. The molecule has 0 spiro atoms. The van der Waals surface area contributed by atoms with E-state index in [2.05, 4.69) is 98.2 Å². The number of esters is 1. The lowest BCUT2D eigenvalue weighted by molar-refractivity contribution is -0.145. The molecule has 10 N–H and O–H groups in total. The van der Waals surface area contributed by atoms with Crippen molar-refractivity contribution in [3.05, 3.63) is 168 Å². The Morgan fingerprint density at radius 2 is 0.697 bits per heavy atom. The lowest BCUT2D eigenvalue weighted by Gasteiger charge is -2.32. The van der Waals surface area contributed by atoms with E-state index in [1.807, 2.05) is 121 Å². The lowest BCUT2D eigenvalue weighted by atomic mass is 10.0. The number of nitrogen functional groups attached to an aromatic ring is 4. The number of carbonyl (C=O) groups excluding carboxylic acids is 1. The van der Waals surface area contributed by atoms with Gasteiger partial charge in [-0.2, -0.15) is 0 Å². The predicted molar refractivity (Wildman–Crippen MR) is 598 cm³/mol. The number of thiazole rings is 4. The number of unbranched alkanes of at least 4 members (excludes halogenated alkanes) is 4. The normalized spacial score (nSPS) is 14.1. The van der Waals surface area contributed by atoms with Crippen LogP contribution in [0.4, 0.5) is 22.7 Å². The van der Waals surface area contributed by atoms with Crippen molar-refractivity contribution < 1.29 is 68.9 Å². The minimum absolute atomic E-state index is 0.0113. The van der Waals surface area contributed by atoms with Crippen LogP contribution in [0.3, 0.4) is 0 Å². The summed E-state index contributed by atoms with van der Waals surface area (Å²) in [6.45, 7) is 19.8. The van der Waals surface area contributed by atoms with Crippen LogP contribution in [0.1, 0.15) is 79.1 Å². The summed E-state index contributed by atoms with van der Waals surface area (Å²) < 4.78 is 104. The maximum Gasteiger partial charge on any atom is 0.469 e. The van der Waals surface area contributed by atoms with Crippen molar-refractivity contribution in [2.24, 2.45) is 0 Å². The highest BCUT2D eigenvalue weighted by Gasteiger charge is 2.29. The van der Waals surface area contributed by atoms with E-state index >= 15 is 0 Å². The minimum Gasteiger partial charge on any atom is -0.492 e. The maximum absolute atomic E-state index is 13.0. The summed E-state index contributed by atoms with van der Waals surface area (Å²) in [6, 6.07) is 39.2. The van der Waals surface area contributed by atoms with Crippen molar-refractivity contribution in [3.8, 4) is 110 Å². The quantitative estimate of drug-likeness (QED) is 0.0117. The number of morpholine rings is 1. The zero-order valence-corrected chi connectivity index (χ0v) is 92.1. The van der Waals surface area contributed by atoms with Crippen LogP contribution >= 0.6 is 98.5 Å². The second-order valence-electron chi connectivity index (χ2n) is 34.0. The first-order valence-electron chi connectivity index (χ1n) is 47.5. The molecule has 18 rings (SSSR count). The Bertz CT molecular complexity index is 7080. The van der Waals surface area contributed by atoms with Crippen LogP contribution in [0.5, 0.6) is 23.0 Å². The molecule has 0 saturated carbocycles. The molecule has 2 aliphatic heterocycles. The fourth-order valence-electron chi connectivity index (χ4n) is 15.6. The van der Waals surface area contributed by atoms with Gasteiger partial charge in [0.1, 0.15) is 135 Å². The first-order valence-corrected chi connectivity index (χ1v) is 61.1. The molecule has 0 aliphatic carbocycles. The van der Waals surface area contributed by atoms with Gasteiger partial charge in [-0.05, 0) is 164 Å². The Morgan fingerprint density at radius 3 is 0.966 bits per heavy atom. The molecule has 2 saturated heterocycles. The largest absolute Gasteiger partial charge is 0.492 e. The van der Waals surface area contributed by atoms with Gasteiger partial charge >= 0.3 is 13.8 Å². The van der Waals surface area contributed by atoms with Crippen molar-refractivity contribution in [2.45, 2.75) is 95.9 Å². The standard InChI is InChI=1S/C27H33N5O2S3.C26H30N4O4S3.C26H30N4O3S3.C22H24N3O6PS3/c1-3-4-17-37(33)27-24(28)23-21(18-22(30-26(23)36-27)25-29-9-16-35-25)19-5-7-20(8-6-19)34-15-14-32-12-10-31(2)11-13-32;1-4-5-14-37(32)26-23(27)22-19(15-20(29-25(22)36-26)24-28-10-13-35-24)17-6-8-18(9-7-17)33-11-12-34-21(31)16-30(2)3;1-2-3-16-36(31)26-23(27)22-20(17-21(29-25(22)35-26)24-28-8-15-34-24)18-4-6-19(7-5-18)33-14-11-30-9-12-32-13-10-30;1-2-3-12-35(29)22-19(23)18-16(13-17(25-21(18)34-22)20-24-8-11-33-20)14-4-6-15(7-5-14)30-9-10-31-32(26,27)28/h5-9,16,18H,3-4,10-15,17,28H2,1-2H3;6-10,13,15H,4-5,11-12,14,16,27H2,1-3H3;4-8,15,17H,2-3,9-14,16,27H2,1H3;4-8,11,13H,2-3,9-10,12,23H2,1H3,(H2,26,27,28). The van der Waals surface area contributed by atoms with Crippen LogP contribution in [0.2, 0.25) is 0 Å². The topological polar surface area (TPSA) is 428 Å². The van der Waals surface area contributed by atoms with Gasteiger partial charge in [0.15, 0.2) is 0 Å². The number of hydrogen-bond acceptors (Lipinski definition) is 37. The number of anilines is 4. The van der Waals surface area contributed by atoms with Gasteiger partial charge < -0.3 is 66.0 Å². The van der Waals surface area contributed by atoms with E-state index in [-0.39, 0.29) is 38.9 Å². The third kappa shape index (κ3) is 29.3. The summed E-state index contributed by atoms with van der Waals surface area (Å²) in [5, 5.41) is 14.3. The fraction of sp³-hybridized carbons (Fsp3) is 0.356. The third-order valence-electron chi connectivity index (χ3n) is 23.2. The number of hydrogen-bond donors (Lipinski definition) is 6. The fourth-order valence-corrected chi connectivity index (χ4v) is 29.5. The van der Waals surface area contributed by atoms with Gasteiger partial charge in [-0.25, -0.2) is 44.4 Å². The smallest absolute Gasteiger partial charge is 0.469 e. The lowest BCUT2D eigenvalue weighted by Crippen LogP contribution is -2.45. The number of thiophene rings is 4. The minimum atomic E-state index is -4.52. The molecular weight excluding hydrogens is 2090 g/mol. The number of piperazine rings is 1. The van der Waals surface area contributed by atoms with Crippen molar-refractivity contribution in [2.75, 3.05) is 179 Å². The highest BCUT2D eigenvalue weighted by Crippen LogP contribution is 2.49. The molecule has 12 aromatic heterocycles. The molecular formula is C101H117N16O15PS12. The number of benzene rings is 4. The number of carbonyl (C=O) groups is 1. The van der Waals surface area contributed by atoms with Gasteiger partial charge in [0, 0.05) is 143 Å². The van der Waals surface area contributed by atoms with E-state index < -0.39 is 51.0 Å². The number of nitrogens with zero attached hydrogens (tertiary/aromatic N) is 12. The van der Waals surface area contributed by atoms with Crippen LogP contribution in [0.15, 0.2) is 184 Å². The van der Waals surface area contributed by atoms with E-state index in [0.29, 0.717) is 93.6 Å². The van der Waals surface area contributed by atoms with Crippen LogP contribution in [-0.2, 0) is 66.6 Å². The van der Waals surface area contributed by atoms with E-state index in [4.69, 9.17) is 81.1 Å². The van der Waals surface area contributed by atoms with Crippen LogP contribution in [0, 0.1) is 0 Å². The first kappa shape index (κ1) is 109. The SMILES string of the molecule is CCCCS(=O)c1sc2nc(-c3nccs3)cc(-c3ccc(OCCN4CCN(C)CC4)cc3)c2c1N.CCCCS(=O)c1sc2nc(-c3nccs3)cc(-c3ccc(OCCN4CCOCC4)cc3)c2c1N.CCCCS(=O)c1sc2nc(-c3nccs3)cc(-c3ccc(OCCOC(=O)CN(C)C)cc3)c2c1N.CCCCS(=O)c1sc2nc(-c3nccs3)cc(-c3ccc(OCCOP(=O)(O)O)cc3)c2c1N. The molecule has 4 unspecified atom stereocenters. The first-order chi connectivity index (χ1) is 70.3. The predicted octanol–water partition coefficient (Wildman–Crippen LogP) is 20.6. The van der Waals surface area contributed by atoms with Crippen LogP contribution in [-0.4, -0.2) is 248 Å². The van der Waals surface area contributed by atoms with Gasteiger partial charge in [-0.15, -0.1) is 90.7 Å². The second kappa shape index (κ2) is 53.4. The number of ether oxygens (including phenoxy) is 6. The average molecular weight is 2210 g/mol. The summed E-state index contributed by atoms with van der Waals surface area (Å²) in [5.41, 5.74) is 39.1. The van der Waals surface area contributed by atoms with Gasteiger partial charge in [0.2, 0.25) is 0 Å². The van der Waals surface area contributed by atoms with Gasteiger partial charge in [0.25, 0.3) is 0 Å². The number of fused-ring (bicyclic) bond motifs is 4. The number of nitrogens with two attached hydrogens (primary N) is 4. The van der Waals surface area contributed by atoms with Crippen molar-refractivity contribution in [1.82, 2.24) is 59.5 Å². The number of rotatable bonds is 43. The molecule has 44 heteroatoms. The highest BCUT2D eigenvalue weighted by molar-refractivity contribution is 7.88. The molecule has 14 heterocycles. The molecule has 2 aliphatic rings. The van der Waals surface area contributed by atoms with Gasteiger partial charge in [0.05, 0.1) is 92.3 Å². The van der Waals surface area contributed by atoms with E-state index in [1.54, 1.807) is 64.5 Å². The molecule has 4 atom stereocenters. The summed E-state index contributed by atoms with van der Waals surface area (Å²) in [5.74, 6) is 4.94. The molecule has 2 fully saturated rings. The molecule has 4 aromatic carbocycles. The van der Waals surface area contributed by atoms with Gasteiger partial charge in [-0.3, -0.25) is 40.9 Å². The Balaban J connectivity index is 0.000000145. The van der Waals surface area contributed by atoms with Crippen molar-refractivity contribution in [1.29, 1.82) is 0 Å². The summed E-state index contributed by atoms with van der Waals surface area (Å²) in [7, 11) is -3.37. The third-order valence-corrected chi connectivity index (χ3v) is 38.9. The molecule has 0 bridgehead atoms. The maximum atomic E-state index is 13.0. The zero-order chi connectivity index (χ0) is 102. The average Bonchev–Trinajstić information content (AvgIpc) is 1.63. The number of pyridine rings is 4. The molecule has 16 aromatic rings. The highest BCUT2D eigenvalue weighted by atomic mass is 32.2. The summed E-state index contributed by atoms with van der Waals surface area (Å²) in [6.07, 6.45) is 14.5. The molecule has 145 heavy (non-hydrogen) atoms.